The molecule has 0 aromatic heterocycles. The highest BCUT2D eigenvalue weighted by atomic mass is 32.2. The maximum Gasteiger partial charge on any atom is 0.211 e. The van der Waals surface area contributed by atoms with Crippen LogP contribution in [0.3, 0.4) is 0 Å². The van der Waals surface area contributed by atoms with Gasteiger partial charge in [-0.15, -0.1) is 0 Å². The van der Waals surface area contributed by atoms with E-state index >= 15 is 0 Å². The third-order valence-corrected chi connectivity index (χ3v) is 3.56. The van der Waals surface area contributed by atoms with Crippen LogP contribution in [0.4, 0.5) is 0 Å². The zero-order chi connectivity index (χ0) is 10.5. The first kappa shape index (κ1) is 12.9. The molecule has 0 amide bonds. The van der Waals surface area contributed by atoms with Crippen LogP contribution in [-0.4, -0.2) is 31.9 Å². The Morgan fingerprint density at radius 2 is 1.92 bits per heavy atom. The summed E-state index contributed by atoms with van der Waals surface area (Å²) in [6.45, 7) is 5.54. The first-order chi connectivity index (χ1) is 5.93. The van der Waals surface area contributed by atoms with Crippen molar-refractivity contribution in [3.63, 3.8) is 0 Å². The molecule has 0 radical (unpaired) electrons. The molecule has 0 rings (SSSR count). The van der Waals surface area contributed by atoms with Crippen molar-refractivity contribution in [1.29, 1.82) is 0 Å². The van der Waals surface area contributed by atoms with Crippen LogP contribution in [0.1, 0.15) is 27.2 Å². The van der Waals surface area contributed by atoms with Crippen LogP contribution in [0.15, 0.2) is 0 Å². The summed E-state index contributed by atoms with van der Waals surface area (Å²) >= 11 is 0. The van der Waals surface area contributed by atoms with Gasteiger partial charge in [-0.1, -0.05) is 20.3 Å². The van der Waals surface area contributed by atoms with E-state index in [9.17, 15) is 13.5 Å². The lowest BCUT2D eigenvalue weighted by molar-refractivity contribution is 0.118. The smallest absolute Gasteiger partial charge is 0.211 e. The average molecular weight is 209 g/mol. The van der Waals surface area contributed by atoms with Crippen LogP contribution in [0.25, 0.3) is 0 Å². The molecule has 0 saturated heterocycles. The Hall–Kier alpha value is -0.130. The van der Waals surface area contributed by atoms with E-state index in [0.717, 1.165) is 6.42 Å². The average Bonchev–Trinajstić information content (AvgIpc) is 2.13. The number of sulfonamides is 1. The quantitative estimate of drug-likeness (QED) is 0.662. The molecule has 0 aliphatic heterocycles. The minimum absolute atomic E-state index is 0.0558. The van der Waals surface area contributed by atoms with E-state index in [0.29, 0.717) is 0 Å². The largest absolute Gasteiger partial charge is 0.391 e. The first-order valence-corrected chi connectivity index (χ1v) is 6.23. The third kappa shape index (κ3) is 5.23. The Morgan fingerprint density at radius 1 is 1.38 bits per heavy atom. The van der Waals surface area contributed by atoms with Crippen molar-refractivity contribution in [2.24, 2.45) is 5.92 Å². The second kappa shape index (κ2) is 5.57. The van der Waals surface area contributed by atoms with Gasteiger partial charge in [0.25, 0.3) is 0 Å². The van der Waals surface area contributed by atoms with Gasteiger partial charge in [0.15, 0.2) is 0 Å². The number of hydrogen-bond acceptors (Lipinski definition) is 3. The summed E-state index contributed by atoms with van der Waals surface area (Å²) in [5.41, 5.74) is 0. The number of rotatable bonds is 6. The fourth-order valence-electron chi connectivity index (χ4n) is 0.788. The zero-order valence-electron chi connectivity index (χ0n) is 8.45. The Bertz CT molecular complexity index is 226. The predicted octanol–water partition coefficient (Wildman–Crippen LogP) is 0.333. The van der Waals surface area contributed by atoms with Gasteiger partial charge in [0.2, 0.25) is 10.0 Å². The summed E-state index contributed by atoms with van der Waals surface area (Å²) in [6, 6.07) is 0. The van der Waals surface area contributed by atoms with Gasteiger partial charge in [-0.3, -0.25) is 0 Å². The van der Waals surface area contributed by atoms with Gasteiger partial charge >= 0.3 is 0 Å². The Morgan fingerprint density at radius 3 is 2.31 bits per heavy atom. The molecule has 0 heterocycles. The maximum atomic E-state index is 11.0. The molecule has 0 saturated carbocycles. The minimum Gasteiger partial charge on any atom is -0.391 e. The van der Waals surface area contributed by atoms with Crippen molar-refractivity contribution >= 4 is 10.0 Å². The molecular formula is C8H19NO3S. The van der Waals surface area contributed by atoms with Gasteiger partial charge < -0.3 is 5.11 Å². The van der Waals surface area contributed by atoms with E-state index in [1.54, 1.807) is 6.92 Å². The van der Waals surface area contributed by atoms with E-state index in [1.807, 2.05) is 13.8 Å². The molecule has 0 aromatic rings. The molecule has 0 spiro atoms. The van der Waals surface area contributed by atoms with Gasteiger partial charge in [-0.2, -0.15) is 0 Å². The molecule has 13 heavy (non-hydrogen) atoms. The lowest BCUT2D eigenvalue weighted by Gasteiger charge is -2.17. The van der Waals surface area contributed by atoms with Gasteiger partial charge in [-0.25, -0.2) is 13.1 Å². The fraction of sp³-hybridized carbons (Fsp3) is 1.00. The van der Waals surface area contributed by atoms with Crippen LogP contribution in [0, 0.1) is 5.92 Å². The van der Waals surface area contributed by atoms with Crippen LogP contribution in [0.2, 0.25) is 0 Å². The molecule has 0 aliphatic rings. The van der Waals surface area contributed by atoms with E-state index in [2.05, 4.69) is 4.72 Å². The minimum atomic E-state index is -3.17. The Labute approximate surface area is 80.4 Å². The fourth-order valence-corrected chi connectivity index (χ4v) is 1.42. The molecule has 0 fully saturated rings. The molecule has 0 bridgehead atoms. The van der Waals surface area contributed by atoms with Gasteiger partial charge in [0, 0.05) is 6.54 Å². The third-order valence-electron chi connectivity index (χ3n) is 2.19. The summed E-state index contributed by atoms with van der Waals surface area (Å²) in [5.74, 6) is 0.180. The molecule has 2 unspecified atom stereocenters. The monoisotopic (exact) mass is 209 g/mol. The van der Waals surface area contributed by atoms with Gasteiger partial charge in [-0.05, 0) is 12.8 Å². The number of aliphatic hydroxyl groups is 1. The normalized spacial score (nSPS) is 16.9. The molecule has 4 nitrogen and oxygen atoms in total. The highest BCUT2D eigenvalue weighted by molar-refractivity contribution is 7.89. The summed E-state index contributed by atoms with van der Waals surface area (Å²) < 4.78 is 24.3. The lowest BCUT2D eigenvalue weighted by atomic mass is 10.0. The molecule has 2 atom stereocenters. The van der Waals surface area contributed by atoms with Crippen molar-refractivity contribution in [2.75, 3.05) is 12.3 Å². The number of aliphatic hydroxyl groups excluding tert-OH is 1. The molecule has 5 heteroatoms. The standard InChI is InChI=1S/C8H19NO3S/c1-4-7(3)8(10)6-9-13(11,12)5-2/h7-10H,4-6H2,1-3H3. The summed E-state index contributed by atoms with van der Waals surface area (Å²) in [5, 5.41) is 9.45. The van der Waals surface area contributed by atoms with Crippen LogP contribution < -0.4 is 4.72 Å². The van der Waals surface area contributed by atoms with E-state index in [1.165, 1.54) is 0 Å². The van der Waals surface area contributed by atoms with Crippen molar-refractivity contribution in [3.8, 4) is 0 Å². The van der Waals surface area contributed by atoms with Crippen LogP contribution in [-0.2, 0) is 10.0 Å². The van der Waals surface area contributed by atoms with Crippen LogP contribution in [0.5, 0.6) is 0 Å². The number of nitrogens with one attached hydrogen (secondary N) is 1. The van der Waals surface area contributed by atoms with E-state index in [4.69, 9.17) is 0 Å². The number of hydrogen-bond donors (Lipinski definition) is 2. The molecule has 0 aliphatic carbocycles. The summed E-state index contributed by atoms with van der Waals surface area (Å²) in [6.07, 6.45) is 0.251. The van der Waals surface area contributed by atoms with Crippen molar-refractivity contribution < 1.29 is 13.5 Å². The highest BCUT2D eigenvalue weighted by Gasteiger charge is 2.14. The second-order valence-corrected chi connectivity index (χ2v) is 5.30. The van der Waals surface area contributed by atoms with E-state index in [-0.39, 0.29) is 18.2 Å². The zero-order valence-corrected chi connectivity index (χ0v) is 9.26. The van der Waals surface area contributed by atoms with Gasteiger partial charge in [0.1, 0.15) is 0 Å². The van der Waals surface area contributed by atoms with Crippen molar-refractivity contribution in [1.82, 2.24) is 4.72 Å². The van der Waals surface area contributed by atoms with Crippen LogP contribution >= 0.6 is 0 Å². The van der Waals surface area contributed by atoms with Crippen molar-refractivity contribution in [2.45, 2.75) is 33.3 Å². The molecule has 80 valence electrons. The Kier molecular flexibility index (Phi) is 5.51. The second-order valence-electron chi connectivity index (χ2n) is 3.20. The molecule has 2 N–H and O–H groups in total. The Balaban J connectivity index is 3.90. The highest BCUT2D eigenvalue weighted by Crippen LogP contribution is 2.06. The molecule has 0 aromatic carbocycles. The topological polar surface area (TPSA) is 66.4 Å². The van der Waals surface area contributed by atoms with Gasteiger partial charge in [0.05, 0.1) is 11.9 Å². The summed E-state index contributed by atoms with van der Waals surface area (Å²) in [7, 11) is -3.17. The summed E-state index contributed by atoms with van der Waals surface area (Å²) in [4.78, 5) is 0. The van der Waals surface area contributed by atoms with Crippen molar-refractivity contribution in [3.05, 3.63) is 0 Å². The SMILES string of the molecule is CCC(C)C(O)CNS(=O)(=O)CC. The lowest BCUT2D eigenvalue weighted by Crippen LogP contribution is -2.36. The first-order valence-electron chi connectivity index (χ1n) is 4.58. The maximum absolute atomic E-state index is 11.0. The molecular weight excluding hydrogens is 190 g/mol. The predicted molar refractivity (Wildman–Crippen MR) is 52.9 cm³/mol. The van der Waals surface area contributed by atoms with E-state index < -0.39 is 16.1 Å².